The summed E-state index contributed by atoms with van der Waals surface area (Å²) in [6.45, 7) is 4.50. The number of carbonyl (C=O) groups excluding carboxylic acids is 1. The summed E-state index contributed by atoms with van der Waals surface area (Å²) in [5, 5.41) is 0. The lowest BCUT2D eigenvalue weighted by molar-refractivity contribution is 0.0734. The van der Waals surface area contributed by atoms with E-state index in [0.29, 0.717) is 17.2 Å². The second-order valence-corrected chi connectivity index (χ2v) is 10.1. The van der Waals surface area contributed by atoms with E-state index in [1.165, 1.54) is 68.9 Å². The van der Waals surface area contributed by atoms with E-state index in [2.05, 4.69) is 43.1 Å². The van der Waals surface area contributed by atoms with Gasteiger partial charge in [-0.15, -0.1) is 0 Å². The molecule has 0 bridgehead atoms. The fourth-order valence-electron chi connectivity index (χ4n) is 5.27. The first-order valence-electron chi connectivity index (χ1n) is 13.5. The molecule has 1 aromatic heterocycles. The minimum atomic E-state index is -0.330. The van der Waals surface area contributed by atoms with Gasteiger partial charge in [-0.3, -0.25) is 4.98 Å². The van der Waals surface area contributed by atoms with Crippen molar-refractivity contribution in [2.75, 3.05) is 0 Å². The molecule has 1 fully saturated rings. The predicted molar refractivity (Wildman–Crippen MR) is 144 cm³/mol. The van der Waals surface area contributed by atoms with Crippen LogP contribution in [0.4, 0.5) is 0 Å². The van der Waals surface area contributed by atoms with E-state index in [-0.39, 0.29) is 5.97 Å². The van der Waals surface area contributed by atoms with Crippen molar-refractivity contribution in [3.05, 3.63) is 83.6 Å². The lowest BCUT2D eigenvalue weighted by Gasteiger charge is -2.28. The molecule has 35 heavy (non-hydrogen) atoms. The van der Waals surface area contributed by atoms with Crippen molar-refractivity contribution < 1.29 is 9.53 Å². The molecule has 184 valence electrons. The Balaban J connectivity index is 1.30. The number of esters is 1. The molecular weight excluding hydrogens is 430 g/mol. The Labute approximate surface area is 211 Å². The molecule has 3 heteroatoms. The first-order valence-corrected chi connectivity index (χ1v) is 13.5. The maximum atomic E-state index is 12.7. The van der Waals surface area contributed by atoms with Crippen LogP contribution in [0.1, 0.15) is 99.0 Å². The van der Waals surface area contributed by atoms with Gasteiger partial charge < -0.3 is 4.74 Å². The Morgan fingerprint density at radius 2 is 1.60 bits per heavy atom. The first kappa shape index (κ1) is 25.2. The number of unbranched alkanes of at least 4 members (excludes halogenated alkanes) is 2. The van der Waals surface area contributed by atoms with Crippen LogP contribution in [0.25, 0.3) is 11.3 Å². The molecule has 3 nitrogen and oxygen atoms in total. The molecule has 0 N–H and O–H groups in total. The van der Waals surface area contributed by atoms with Crippen LogP contribution >= 0.6 is 0 Å². The fraction of sp³-hybridized carbons (Fsp3) is 0.438. The highest BCUT2D eigenvalue weighted by Gasteiger charge is 2.22. The quantitative estimate of drug-likeness (QED) is 0.169. The number of rotatable bonds is 10. The highest BCUT2D eigenvalue weighted by atomic mass is 16.5. The number of ether oxygens (including phenoxy) is 1. The van der Waals surface area contributed by atoms with Gasteiger partial charge in [-0.25, -0.2) is 4.79 Å². The van der Waals surface area contributed by atoms with Crippen LogP contribution in [0.15, 0.2) is 66.9 Å². The number of hydrogen-bond donors (Lipinski definition) is 0. The summed E-state index contributed by atoms with van der Waals surface area (Å²) in [4.78, 5) is 17.3. The SMILES string of the molecule is CCCCCc1ccc(-c2ccc(C(=O)Oc3ccc(C4CCC(CCC)CC4)cc3)cc2)nc1. The fourth-order valence-corrected chi connectivity index (χ4v) is 5.27. The maximum absolute atomic E-state index is 12.7. The molecule has 3 aromatic rings. The zero-order chi connectivity index (χ0) is 24.5. The van der Waals surface area contributed by atoms with E-state index in [0.717, 1.165) is 23.6 Å². The summed E-state index contributed by atoms with van der Waals surface area (Å²) in [7, 11) is 0. The molecule has 4 rings (SSSR count). The molecule has 0 aliphatic heterocycles. The molecule has 2 aromatic carbocycles. The second kappa shape index (κ2) is 12.7. The summed E-state index contributed by atoms with van der Waals surface area (Å²) in [5.74, 6) is 1.82. The molecule has 0 unspecified atom stereocenters. The van der Waals surface area contributed by atoms with Crippen LogP contribution in [-0.4, -0.2) is 11.0 Å². The van der Waals surface area contributed by atoms with Gasteiger partial charge in [-0.1, -0.05) is 69.9 Å². The van der Waals surface area contributed by atoms with Gasteiger partial charge in [-0.2, -0.15) is 0 Å². The van der Waals surface area contributed by atoms with Crippen LogP contribution < -0.4 is 4.74 Å². The van der Waals surface area contributed by atoms with E-state index in [1.807, 2.05) is 42.6 Å². The van der Waals surface area contributed by atoms with Gasteiger partial charge in [0.2, 0.25) is 0 Å². The molecule has 0 amide bonds. The van der Waals surface area contributed by atoms with E-state index < -0.39 is 0 Å². The zero-order valence-electron chi connectivity index (χ0n) is 21.3. The lowest BCUT2D eigenvalue weighted by atomic mass is 9.77. The summed E-state index contributed by atoms with van der Waals surface area (Å²) >= 11 is 0. The smallest absolute Gasteiger partial charge is 0.343 e. The molecule has 1 aliphatic rings. The number of pyridine rings is 1. The normalized spacial score (nSPS) is 17.8. The van der Waals surface area contributed by atoms with Crippen LogP contribution in [0.3, 0.4) is 0 Å². The van der Waals surface area contributed by atoms with E-state index in [9.17, 15) is 4.79 Å². The third-order valence-electron chi connectivity index (χ3n) is 7.42. The van der Waals surface area contributed by atoms with Crippen molar-refractivity contribution in [3.63, 3.8) is 0 Å². The van der Waals surface area contributed by atoms with E-state index >= 15 is 0 Å². The monoisotopic (exact) mass is 469 g/mol. The Morgan fingerprint density at radius 3 is 2.23 bits per heavy atom. The van der Waals surface area contributed by atoms with Crippen LogP contribution in [-0.2, 0) is 6.42 Å². The molecule has 1 saturated carbocycles. The molecular formula is C32H39NO2. The number of nitrogens with zero attached hydrogens (tertiary/aromatic N) is 1. The van der Waals surface area contributed by atoms with Gasteiger partial charge in [0.05, 0.1) is 11.3 Å². The van der Waals surface area contributed by atoms with Crippen molar-refractivity contribution in [1.29, 1.82) is 0 Å². The standard InChI is InChI=1S/C32H39NO2/c1-3-5-6-8-25-11-22-31(33-23-25)28-14-16-29(17-15-28)32(34)35-30-20-18-27(19-21-30)26-12-9-24(7-4-2)10-13-26/h11,14-24,26H,3-10,12-13H2,1-2H3. The van der Waals surface area contributed by atoms with Crippen LogP contribution in [0.2, 0.25) is 0 Å². The average Bonchev–Trinajstić information content (AvgIpc) is 2.90. The Kier molecular flexibility index (Phi) is 9.11. The summed E-state index contributed by atoms with van der Waals surface area (Å²) in [6, 6.07) is 19.9. The van der Waals surface area contributed by atoms with Crippen molar-refractivity contribution in [2.24, 2.45) is 5.92 Å². The summed E-state index contributed by atoms with van der Waals surface area (Å²) in [5.41, 5.74) is 5.11. The average molecular weight is 470 g/mol. The zero-order valence-corrected chi connectivity index (χ0v) is 21.3. The minimum absolute atomic E-state index is 0.330. The van der Waals surface area contributed by atoms with Crippen LogP contribution in [0, 0.1) is 5.92 Å². The van der Waals surface area contributed by atoms with E-state index in [4.69, 9.17) is 4.74 Å². The maximum Gasteiger partial charge on any atom is 0.343 e. The van der Waals surface area contributed by atoms with Gasteiger partial charge in [0.1, 0.15) is 5.75 Å². The molecule has 0 radical (unpaired) electrons. The number of aromatic nitrogens is 1. The molecule has 0 spiro atoms. The molecule has 1 heterocycles. The second-order valence-electron chi connectivity index (χ2n) is 10.1. The van der Waals surface area contributed by atoms with Gasteiger partial charge in [-0.05, 0) is 91.8 Å². The molecule has 0 saturated heterocycles. The highest BCUT2D eigenvalue weighted by molar-refractivity contribution is 5.91. The number of aryl methyl sites for hydroxylation is 1. The Morgan fingerprint density at radius 1 is 0.857 bits per heavy atom. The minimum Gasteiger partial charge on any atom is -0.423 e. The Hall–Kier alpha value is -2.94. The van der Waals surface area contributed by atoms with Crippen LogP contribution in [0.5, 0.6) is 5.75 Å². The molecule has 1 aliphatic carbocycles. The first-order chi connectivity index (χ1) is 17.2. The summed E-state index contributed by atoms with van der Waals surface area (Å²) < 4.78 is 5.65. The third-order valence-corrected chi connectivity index (χ3v) is 7.42. The predicted octanol–water partition coefficient (Wildman–Crippen LogP) is 8.77. The highest BCUT2D eigenvalue weighted by Crippen LogP contribution is 2.37. The topological polar surface area (TPSA) is 39.2 Å². The van der Waals surface area contributed by atoms with Gasteiger partial charge >= 0.3 is 5.97 Å². The van der Waals surface area contributed by atoms with Gasteiger partial charge in [0.25, 0.3) is 0 Å². The molecule has 0 atom stereocenters. The van der Waals surface area contributed by atoms with Gasteiger partial charge in [0.15, 0.2) is 0 Å². The lowest BCUT2D eigenvalue weighted by Crippen LogP contribution is -2.13. The number of carbonyl (C=O) groups is 1. The van der Waals surface area contributed by atoms with Crippen molar-refractivity contribution in [1.82, 2.24) is 4.98 Å². The van der Waals surface area contributed by atoms with Crippen molar-refractivity contribution in [2.45, 2.75) is 84.0 Å². The number of hydrogen-bond acceptors (Lipinski definition) is 3. The largest absolute Gasteiger partial charge is 0.423 e. The van der Waals surface area contributed by atoms with Gasteiger partial charge in [0, 0.05) is 11.8 Å². The number of benzene rings is 2. The summed E-state index contributed by atoms with van der Waals surface area (Å²) in [6.07, 6.45) is 14.6. The van der Waals surface area contributed by atoms with Crippen molar-refractivity contribution in [3.8, 4) is 17.0 Å². The Bertz CT molecular complexity index is 1050. The third kappa shape index (κ3) is 7.04. The van der Waals surface area contributed by atoms with Crippen molar-refractivity contribution >= 4 is 5.97 Å². The van der Waals surface area contributed by atoms with E-state index in [1.54, 1.807) is 0 Å².